The molecule has 0 aliphatic rings. The van der Waals surface area contributed by atoms with Gasteiger partial charge in [0.2, 0.25) is 0 Å². The zero-order chi connectivity index (χ0) is 13.9. The van der Waals surface area contributed by atoms with Crippen molar-refractivity contribution in [2.45, 2.75) is 4.90 Å². The van der Waals surface area contributed by atoms with E-state index in [9.17, 15) is 8.42 Å². The molecule has 1 aromatic heterocycles. The van der Waals surface area contributed by atoms with Crippen molar-refractivity contribution in [3.05, 3.63) is 63.7 Å². The van der Waals surface area contributed by atoms with Crippen LogP contribution in [0, 0.1) is 0 Å². The van der Waals surface area contributed by atoms with Crippen LogP contribution in [0.2, 0.25) is 10.2 Å². The predicted molar refractivity (Wildman–Crippen MR) is 76.9 cm³/mol. The Bertz CT molecular complexity index is 710. The summed E-state index contributed by atoms with van der Waals surface area (Å²) in [6.45, 7) is 0. The lowest BCUT2D eigenvalue weighted by Crippen LogP contribution is -1.95. The van der Waals surface area contributed by atoms with Crippen molar-refractivity contribution < 1.29 is 8.42 Å². The van der Waals surface area contributed by atoms with E-state index in [1.165, 1.54) is 24.4 Å². The number of hydrogen-bond donors (Lipinski definition) is 0. The maximum atomic E-state index is 12.0. The molecule has 6 heteroatoms. The molecule has 0 aliphatic heterocycles. The summed E-state index contributed by atoms with van der Waals surface area (Å²) in [5.74, 6) is 0. The van der Waals surface area contributed by atoms with E-state index in [0.717, 1.165) is 5.41 Å². The summed E-state index contributed by atoms with van der Waals surface area (Å²) in [5.41, 5.74) is 0.648. The van der Waals surface area contributed by atoms with E-state index < -0.39 is 9.84 Å². The largest absolute Gasteiger partial charge is 0.244 e. The van der Waals surface area contributed by atoms with E-state index in [4.69, 9.17) is 23.2 Å². The second-order valence-corrected chi connectivity index (χ2v) is 6.38. The SMILES string of the molecule is O=S(=O)(/C=C\c1ccc(Cl)nc1)c1cccc(Cl)c1. The summed E-state index contributed by atoms with van der Waals surface area (Å²) < 4.78 is 24.1. The van der Waals surface area contributed by atoms with Crippen LogP contribution in [0.4, 0.5) is 0 Å². The van der Waals surface area contributed by atoms with Crippen LogP contribution in [0.3, 0.4) is 0 Å². The van der Waals surface area contributed by atoms with Crippen LogP contribution < -0.4 is 0 Å². The van der Waals surface area contributed by atoms with Crippen molar-refractivity contribution in [3.8, 4) is 0 Å². The highest BCUT2D eigenvalue weighted by atomic mass is 35.5. The number of pyridine rings is 1. The smallest absolute Gasteiger partial charge is 0.199 e. The van der Waals surface area contributed by atoms with E-state index in [-0.39, 0.29) is 4.90 Å². The number of aromatic nitrogens is 1. The zero-order valence-corrected chi connectivity index (χ0v) is 12.0. The fourth-order valence-electron chi connectivity index (χ4n) is 1.38. The Hall–Kier alpha value is -1.36. The van der Waals surface area contributed by atoms with Crippen LogP contribution in [0.25, 0.3) is 6.08 Å². The van der Waals surface area contributed by atoms with Gasteiger partial charge >= 0.3 is 0 Å². The molecule has 2 aromatic rings. The number of halogens is 2. The lowest BCUT2D eigenvalue weighted by atomic mass is 10.3. The molecule has 0 bridgehead atoms. The van der Waals surface area contributed by atoms with Crippen LogP contribution in [0.15, 0.2) is 52.9 Å². The molecule has 0 fully saturated rings. The first-order chi connectivity index (χ1) is 8.97. The van der Waals surface area contributed by atoms with Gasteiger partial charge in [-0.05, 0) is 35.9 Å². The van der Waals surface area contributed by atoms with Crippen molar-refractivity contribution >= 4 is 39.1 Å². The highest BCUT2D eigenvalue weighted by molar-refractivity contribution is 7.94. The number of sulfone groups is 1. The van der Waals surface area contributed by atoms with Gasteiger partial charge < -0.3 is 0 Å². The molecule has 0 aliphatic carbocycles. The second kappa shape index (κ2) is 5.74. The Morgan fingerprint density at radius 1 is 1.11 bits per heavy atom. The summed E-state index contributed by atoms with van der Waals surface area (Å²) in [6, 6.07) is 9.37. The van der Waals surface area contributed by atoms with Crippen molar-refractivity contribution in [3.63, 3.8) is 0 Å². The first-order valence-corrected chi connectivity index (χ1v) is 7.58. The van der Waals surface area contributed by atoms with Crippen LogP contribution in [-0.2, 0) is 9.84 Å². The van der Waals surface area contributed by atoms with Gasteiger partial charge in [0.1, 0.15) is 5.15 Å². The average Bonchev–Trinajstić information content (AvgIpc) is 2.38. The van der Waals surface area contributed by atoms with Gasteiger partial charge in [-0.3, -0.25) is 0 Å². The summed E-state index contributed by atoms with van der Waals surface area (Å²) in [4.78, 5) is 4.02. The lowest BCUT2D eigenvalue weighted by Gasteiger charge is -1.99. The molecule has 0 spiro atoms. The monoisotopic (exact) mass is 313 g/mol. The summed E-state index contributed by atoms with van der Waals surface area (Å²) in [6.07, 6.45) is 2.95. The first kappa shape index (κ1) is 14.1. The van der Waals surface area contributed by atoms with Crippen LogP contribution >= 0.6 is 23.2 Å². The van der Waals surface area contributed by atoms with Crippen LogP contribution in [0.5, 0.6) is 0 Å². The molecule has 98 valence electrons. The highest BCUT2D eigenvalue weighted by Gasteiger charge is 2.10. The Balaban J connectivity index is 2.29. The number of rotatable bonds is 3. The van der Waals surface area contributed by atoms with Crippen molar-refractivity contribution in [1.82, 2.24) is 4.98 Å². The Morgan fingerprint density at radius 3 is 2.53 bits per heavy atom. The summed E-state index contributed by atoms with van der Waals surface area (Å²) in [5, 5.41) is 1.85. The number of nitrogens with zero attached hydrogens (tertiary/aromatic N) is 1. The Labute approximate surface area is 121 Å². The highest BCUT2D eigenvalue weighted by Crippen LogP contribution is 2.18. The maximum Gasteiger partial charge on any atom is 0.199 e. The molecule has 0 radical (unpaired) electrons. The van der Waals surface area contributed by atoms with Gasteiger partial charge in [-0.25, -0.2) is 13.4 Å². The molecule has 3 nitrogen and oxygen atoms in total. The predicted octanol–water partition coefficient (Wildman–Crippen LogP) is 3.83. The van der Waals surface area contributed by atoms with Gasteiger partial charge in [-0.15, -0.1) is 0 Å². The normalized spacial score (nSPS) is 11.9. The molecule has 0 unspecified atom stereocenters. The van der Waals surface area contributed by atoms with E-state index in [1.54, 1.807) is 24.3 Å². The molecule has 0 amide bonds. The van der Waals surface area contributed by atoms with Gasteiger partial charge in [0, 0.05) is 16.6 Å². The molecule has 1 heterocycles. The van der Waals surface area contributed by atoms with E-state index >= 15 is 0 Å². The lowest BCUT2D eigenvalue weighted by molar-refractivity contribution is 0.605. The molecule has 2 rings (SSSR count). The van der Waals surface area contributed by atoms with Crippen LogP contribution in [0.1, 0.15) is 5.56 Å². The molecular weight excluding hydrogens is 305 g/mol. The molecule has 0 atom stereocenters. The van der Waals surface area contributed by atoms with E-state index in [0.29, 0.717) is 15.7 Å². The van der Waals surface area contributed by atoms with Gasteiger partial charge in [0.05, 0.1) is 4.90 Å². The second-order valence-electron chi connectivity index (χ2n) is 3.72. The zero-order valence-electron chi connectivity index (χ0n) is 9.62. The minimum Gasteiger partial charge on any atom is -0.244 e. The fraction of sp³-hybridized carbons (Fsp3) is 0. The van der Waals surface area contributed by atoms with Crippen molar-refractivity contribution in [1.29, 1.82) is 0 Å². The molecule has 1 aromatic carbocycles. The molecule has 0 N–H and O–H groups in total. The van der Waals surface area contributed by atoms with Crippen molar-refractivity contribution in [2.24, 2.45) is 0 Å². The summed E-state index contributed by atoms with van der Waals surface area (Å²) in [7, 11) is -3.52. The number of benzene rings is 1. The van der Waals surface area contributed by atoms with E-state index in [2.05, 4.69) is 4.98 Å². The number of hydrogen-bond acceptors (Lipinski definition) is 3. The third-order valence-electron chi connectivity index (χ3n) is 2.31. The Kier molecular flexibility index (Phi) is 4.24. The average molecular weight is 314 g/mol. The van der Waals surface area contributed by atoms with Gasteiger partial charge in [0.15, 0.2) is 9.84 Å². The Morgan fingerprint density at radius 2 is 1.89 bits per heavy atom. The fourth-order valence-corrected chi connectivity index (χ4v) is 2.80. The third kappa shape index (κ3) is 3.80. The van der Waals surface area contributed by atoms with E-state index in [1.807, 2.05) is 0 Å². The van der Waals surface area contributed by atoms with Gasteiger partial charge in [-0.2, -0.15) is 0 Å². The minimum atomic E-state index is -3.52. The topological polar surface area (TPSA) is 47.0 Å². The van der Waals surface area contributed by atoms with Crippen molar-refractivity contribution in [2.75, 3.05) is 0 Å². The third-order valence-corrected chi connectivity index (χ3v) is 4.18. The van der Waals surface area contributed by atoms with Gasteiger partial charge in [-0.1, -0.05) is 35.3 Å². The molecule has 19 heavy (non-hydrogen) atoms. The maximum absolute atomic E-state index is 12.0. The standard InChI is InChI=1S/C13H9Cl2NO2S/c14-11-2-1-3-12(8-11)19(17,18)7-6-10-4-5-13(15)16-9-10/h1-9H/b7-6-. The summed E-state index contributed by atoms with van der Waals surface area (Å²) >= 11 is 11.4. The molecular formula is C13H9Cl2NO2S. The van der Waals surface area contributed by atoms with Gasteiger partial charge in [0.25, 0.3) is 0 Å². The molecule has 0 saturated carbocycles. The van der Waals surface area contributed by atoms with Crippen LogP contribution in [-0.4, -0.2) is 13.4 Å². The quantitative estimate of drug-likeness (QED) is 0.809. The molecule has 0 saturated heterocycles. The first-order valence-electron chi connectivity index (χ1n) is 5.28. The minimum absolute atomic E-state index is 0.151.